The highest BCUT2D eigenvalue weighted by Gasteiger charge is 2.27. The summed E-state index contributed by atoms with van der Waals surface area (Å²) in [5.41, 5.74) is 2.22. The normalized spacial score (nSPS) is 16.2. The van der Waals surface area contributed by atoms with Crippen molar-refractivity contribution in [3.05, 3.63) is 53.6 Å². The van der Waals surface area contributed by atoms with E-state index in [0.717, 1.165) is 23.4 Å². The maximum Gasteiger partial charge on any atom is 0.257 e. The minimum Gasteiger partial charge on any atom is -0.304 e. The summed E-state index contributed by atoms with van der Waals surface area (Å²) >= 11 is 1.27. The lowest BCUT2D eigenvalue weighted by Gasteiger charge is -2.31. The third-order valence-corrected chi connectivity index (χ3v) is 7.79. The van der Waals surface area contributed by atoms with Gasteiger partial charge in [-0.3, -0.25) is 10.1 Å². The average molecular weight is 431 g/mol. The first-order valence-corrected chi connectivity index (χ1v) is 11.6. The van der Waals surface area contributed by atoms with E-state index in [2.05, 4.69) is 15.2 Å². The highest BCUT2D eigenvalue weighted by atomic mass is 32.2. The number of fused-ring (bicyclic) bond motifs is 1. The number of carbonyl (C=O) groups excluding carboxylic acids is 1. The number of sulfonamides is 1. The van der Waals surface area contributed by atoms with E-state index in [-0.39, 0.29) is 10.8 Å². The fraction of sp³-hybridized carbons (Fsp3) is 0.300. The highest BCUT2D eigenvalue weighted by molar-refractivity contribution is 7.89. The predicted molar refractivity (Wildman–Crippen MR) is 115 cm³/mol. The fourth-order valence-corrected chi connectivity index (χ4v) is 5.68. The number of piperazine rings is 1. The van der Waals surface area contributed by atoms with Crippen molar-refractivity contribution >= 4 is 42.6 Å². The first-order chi connectivity index (χ1) is 13.8. The van der Waals surface area contributed by atoms with Crippen LogP contribution < -0.4 is 5.32 Å². The number of thiazole rings is 1. The van der Waals surface area contributed by atoms with Gasteiger partial charge >= 0.3 is 0 Å². The lowest BCUT2D eigenvalue weighted by Crippen LogP contribution is -2.46. The van der Waals surface area contributed by atoms with Gasteiger partial charge in [-0.15, -0.1) is 0 Å². The van der Waals surface area contributed by atoms with Crippen LogP contribution in [-0.4, -0.2) is 61.7 Å². The smallest absolute Gasteiger partial charge is 0.257 e. The molecule has 152 valence electrons. The Morgan fingerprint density at radius 1 is 1.10 bits per heavy atom. The van der Waals surface area contributed by atoms with Crippen molar-refractivity contribution in [1.82, 2.24) is 14.2 Å². The van der Waals surface area contributed by atoms with Crippen molar-refractivity contribution in [1.29, 1.82) is 0 Å². The molecule has 0 saturated carbocycles. The van der Waals surface area contributed by atoms with Gasteiger partial charge in [0.15, 0.2) is 5.13 Å². The monoisotopic (exact) mass is 430 g/mol. The summed E-state index contributed by atoms with van der Waals surface area (Å²) in [5.74, 6) is -0.238. The van der Waals surface area contributed by atoms with Gasteiger partial charge in [0.1, 0.15) is 0 Å². The van der Waals surface area contributed by atoms with Gasteiger partial charge < -0.3 is 4.90 Å². The van der Waals surface area contributed by atoms with Crippen LogP contribution in [0.5, 0.6) is 0 Å². The van der Waals surface area contributed by atoms with Crippen molar-refractivity contribution in [2.45, 2.75) is 11.8 Å². The molecule has 1 aliphatic heterocycles. The minimum absolute atomic E-state index is 0.238. The van der Waals surface area contributed by atoms with Crippen molar-refractivity contribution < 1.29 is 13.2 Å². The largest absolute Gasteiger partial charge is 0.304 e. The van der Waals surface area contributed by atoms with E-state index in [1.807, 2.05) is 32.2 Å². The molecule has 1 aliphatic rings. The second-order valence-corrected chi connectivity index (χ2v) is 10.1. The molecule has 2 heterocycles. The lowest BCUT2D eigenvalue weighted by atomic mass is 10.1. The summed E-state index contributed by atoms with van der Waals surface area (Å²) in [7, 11) is -1.55. The van der Waals surface area contributed by atoms with Crippen molar-refractivity contribution in [3.8, 4) is 0 Å². The van der Waals surface area contributed by atoms with E-state index in [1.54, 1.807) is 24.3 Å². The van der Waals surface area contributed by atoms with Gasteiger partial charge in [0.2, 0.25) is 10.0 Å². The number of carbonyl (C=O) groups is 1. The van der Waals surface area contributed by atoms with Crippen LogP contribution in [-0.2, 0) is 10.0 Å². The number of hydrogen-bond donors (Lipinski definition) is 1. The summed E-state index contributed by atoms with van der Waals surface area (Å²) < 4.78 is 28.2. The van der Waals surface area contributed by atoms with Crippen LogP contribution in [0.2, 0.25) is 0 Å². The topological polar surface area (TPSA) is 82.6 Å². The maximum absolute atomic E-state index is 13.0. The number of aromatic nitrogens is 1. The molecule has 29 heavy (non-hydrogen) atoms. The van der Waals surface area contributed by atoms with Gasteiger partial charge in [0.05, 0.1) is 15.1 Å². The number of benzene rings is 2. The predicted octanol–water partition coefficient (Wildman–Crippen LogP) is 2.79. The van der Waals surface area contributed by atoms with Crippen molar-refractivity contribution in [2.75, 3.05) is 38.5 Å². The molecule has 0 aliphatic carbocycles. The minimum atomic E-state index is -3.54. The van der Waals surface area contributed by atoms with Crippen LogP contribution in [0.1, 0.15) is 15.9 Å². The van der Waals surface area contributed by atoms with Crippen molar-refractivity contribution in [3.63, 3.8) is 0 Å². The van der Waals surface area contributed by atoms with Gasteiger partial charge in [-0.1, -0.05) is 29.0 Å². The maximum atomic E-state index is 13.0. The molecule has 0 spiro atoms. The third kappa shape index (κ3) is 4.18. The standard InChI is InChI=1S/C20H22N4O3S2/c1-14-4-3-5-15(12-14)19(25)22-20-21-17-7-6-16(13-18(17)28-20)29(26,27)24-10-8-23(2)9-11-24/h3-7,12-13H,8-11H2,1-2H3,(H,21,22,25). The van der Waals surface area contributed by atoms with E-state index in [0.29, 0.717) is 29.3 Å². The third-order valence-electron chi connectivity index (χ3n) is 4.96. The van der Waals surface area contributed by atoms with Gasteiger partial charge in [-0.25, -0.2) is 13.4 Å². The van der Waals surface area contributed by atoms with E-state index in [4.69, 9.17) is 0 Å². The number of rotatable bonds is 4. The molecule has 0 unspecified atom stereocenters. The molecule has 0 radical (unpaired) electrons. The zero-order valence-electron chi connectivity index (χ0n) is 16.3. The molecule has 4 rings (SSSR count). The average Bonchev–Trinajstić information content (AvgIpc) is 3.09. The van der Waals surface area contributed by atoms with Crippen LogP contribution in [0.15, 0.2) is 47.4 Å². The molecule has 1 fully saturated rings. The Labute approximate surface area is 174 Å². The Morgan fingerprint density at radius 2 is 1.86 bits per heavy atom. The van der Waals surface area contributed by atoms with E-state index in [1.165, 1.54) is 15.6 Å². The summed E-state index contributed by atoms with van der Waals surface area (Å²) in [4.78, 5) is 19.2. The Balaban J connectivity index is 1.57. The van der Waals surface area contributed by atoms with Crippen molar-refractivity contribution in [2.24, 2.45) is 0 Å². The molecule has 1 aromatic heterocycles. The number of likely N-dealkylation sites (N-methyl/N-ethyl adjacent to an activating group) is 1. The molecule has 1 amide bonds. The van der Waals surface area contributed by atoms with Crippen LogP contribution in [0.4, 0.5) is 5.13 Å². The number of nitrogens with zero attached hydrogens (tertiary/aromatic N) is 3. The molecule has 7 nitrogen and oxygen atoms in total. The van der Waals surface area contributed by atoms with Gasteiger partial charge in [-0.2, -0.15) is 4.31 Å². The van der Waals surface area contributed by atoms with Crippen LogP contribution in [0, 0.1) is 6.92 Å². The van der Waals surface area contributed by atoms with E-state index < -0.39 is 10.0 Å². The summed E-state index contributed by atoms with van der Waals surface area (Å²) in [5, 5.41) is 3.25. The van der Waals surface area contributed by atoms with E-state index in [9.17, 15) is 13.2 Å². The molecule has 0 atom stereocenters. The SMILES string of the molecule is Cc1cccc(C(=O)Nc2nc3ccc(S(=O)(=O)N4CCN(C)CC4)cc3s2)c1. The number of amides is 1. The first kappa shape index (κ1) is 20.0. The van der Waals surface area contributed by atoms with E-state index >= 15 is 0 Å². The first-order valence-electron chi connectivity index (χ1n) is 9.30. The quantitative estimate of drug-likeness (QED) is 0.688. The Bertz CT molecular complexity index is 1170. The Hall–Kier alpha value is -2.33. The number of nitrogens with one attached hydrogen (secondary N) is 1. The zero-order chi connectivity index (χ0) is 20.6. The van der Waals surface area contributed by atoms with Crippen LogP contribution in [0.25, 0.3) is 10.2 Å². The second kappa shape index (κ2) is 7.83. The lowest BCUT2D eigenvalue weighted by molar-refractivity contribution is 0.102. The van der Waals surface area contributed by atoms with Gasteiger partial charge in [0, 0.05) is 31.7 Å². The van der Waals surface area contributed by atoms with Gasteiger partial charge in [-0.05, 0) is 44.3 Å². The summed E-state index contributed by atoms with van der Waals surface area (Å²) in [6.07, 6.45) is 0. The summed E-state index contributed by atoms with van der Waals surface area (Å²) in [6, 6.07) is 12.2. The summed E-state index contributed by atoms with van der Waals surface area (Å²) in [6.45, 7) is 4.33. The number of anilines is 1. The Kier molecular flexibility index (Phi) is 5.39. The molecular formula is C20H22N4O3S2. The molecule has 0 bridgehead atoms. The molecule has 3 aromatic rings. The molecular weight excluding hydrogens is 408 g/mol. The second-order valence-electron chi connectivity index (χ2n) is 7.18. The molecule has 1 N–H and O–H groups in total. The fourth-order valence-electron chi connectivity index (χ4n) is 3.25. The van der Waals surface area contributed by atoms with Crippen LogP contribution >= 0.6 is 11.3 Å². The number of hydrogen-bond acceptors (Lipinski definition) is 6. The molecule has 9 heteroatoms. The molecule has 2 aromatic carbocycles. The highest BCUT2D eigenvalue weighted by Crippen LogP contribution is 2.29. The number of aryl methyl sites for hydroxylation is 1. The van der Waals surface area contributed by atoms with Crippen LogP contribution in [0.3, 0.4) is 0 Å². The molecule has 1 saturated heterocycles. The zero-order valence-corrected chi connectivity index (χ0v) is 17.9. The Morgan fingerprint density at radius 3 is 2.59 bits per heavy atom. The van der Waals surface area contributed by atoms with Gasteiger partial charge in [0.25, 0.3) is 5.91 Å².